The third-order valence-electron chi connectivity index (χ3n) is 5.44. The molecule has 0 unspecified atom stereocenters. The topological polar surface area (TPSA) is 79.9 Å². The molecule has 0 radical (unpaired) electrons. The van der Waals surface area contributed by atoms with Gasteiger partial charge in [-0.25, -0.2) is 0 Å². The second kappa shape index (κ2) is 9.45. The van der Waals surface area contributed by atoms with E-state index < -0.39 is 6.10 Å². The molecule has 2 aromatic carbocycles. The van der Waals surface area contributed by atoms with Crippen LogP contribution >= 0.6 is 0 Å². The molecular weight excluding hydrogens is 382 g/mol. The Morgan fingerprint density at radius 1 is 1.27 bits per heavy atom. The van der Waals surface area contributed by atoms with Gasteiger partial charge in [-0.1, -0.05) is 24.3 Å². The van der Waals surface area contributed by atoms with Crippen molar-refractivity contribution in [1.82, 2.24) is 15.5 Å². The van der Waals surface area contributed by atoms with E-state index in [1.807, 2.05) is 29.2 Å². The SMILES string of the molecule is CC(=O)NCCOc1cc(CN(C(=O)[C@H]2CNCCO2)C2CC2)cc2ccccc12. The quantitative estimate of drug-likeness (QED) is 0.648. The summed E-state index contributed by atoms with van der Waals surface area (Å²) >= 11 is 0. The minimum atomic E-state index is -0.409. The van der Waals surface area contributed by atoms with Crippen molar-refractivity contribution in [1.29, 1.82) is 0 Å². The van der Waals surface area contributed by atoms with Crippen molar-refractivity contribution in [3.05, 3.63) is 42.0 Å². The first-order valence-corrected chi connectivity index (χ1v) is 10.6. The summed E-state index contributed by atoms with van der Waals surface area (Å²) in [6.45, 7) is 4.79. The van der Waals surface area contributed by atoms with Gasteiger partial charge in [-0.3, -0.25) is 9.59 Å². The predicted molar refractivity (Wildman–Crippen MR) is 114 cm³/mol. The normalized spacial score (nSPS) is 18.8. The number of carbonyl (C=O) groups excluding carboxylic acids is 2. The van der Waals surface area contributed by atoms with Gasteiger partial charge in [0.15, 0.2) is 0 Å². The fourth-order valence-corrected chi connectivity index (χ4v) is 3.81. The molecule has 2 aromatic rings. The average Bonchev–Trinajstić information content (AvgIpc) is 3.60. The summed E-state index contributed by atoms with van der Waals surface area (Å²) in [5, 5.41) is 8.08. The number of amides is 2. The van der Waals surface area contributed by atoms with Gasteiger partial charge in [-0.15, -0.1) is 0 Å². The lowest BCUT2D eigenvalue weighted by atomic mass is 10.0. The highest BCUT2D eigenvalue weighted by atomic mass is 16.5. The van der Waals surface area contributed by atoms with E-state index >= 15 is 0 Å². The van der Waals surface area contributed by atoms with Crippen LogP contribution in [0, 0.1) is 0 Å². The second-order valence-corrected chi connectivity index (χ2v) is 7.91. The predicted octanol–water partition coefficient (Wildman–Crippen LogP) is 1.83. The first-order valence-electron chi connectivity index (χ1n) is 10.6. The highest BCUT2D eigenvalue weighted by Crippen LogP contribution is 2.32. The number of rotatable bonds is 8. The van der Waals surface area contributed by atoms with Crippen LogP contribution in [0.25, 0.3) is 10.8 Å². The molecule has 1 heterocycles. The fourth-order valence-electron chi connectivity index (χ4n) is 3.81. The monoisotopic (exact) mass is 411 g/mol. The van der Waals surface area contributed by atoms with Gasteiger partial charge in [0, 0.05) is 38.0 Å². The Bertz CT molecular complexity index is 906. The Balaban J connectivity index is 1.53. The van der Waals surface area contributed by atoms with Crippen LogP contribution in [0.1, 0.15) is 25.3 Å². The van der Waals surface area contributed by atoms with Crippen molar-refractivity contribution in [3.8, 4) is 5.75 Å². The van der Waals surface area contributed by atoms with Gasteiger partial charge in [0.2, 0.25) is 5.91 Å². The van der Waals surface area contributed by atoms with Crippen LogP contribution in [0.3, 0.4) is 0 Å². The van der Waals surface area contributed by atoms with Crippen LogP contribution in [0.15, 0.2) is 36.4 Å². The molecule has 7 nitrogen and oxygen atoms in total. The van der Waals surface area contributed by atoms with Crippen LogP contribution < -0.4 is 15.4 Å². The third kappa shape index (κ3) is 5.09. The van der Waals surface area contributed by atoms with Gasteiger partial charge < -0.3 is 25.0 Å². The van der Waals surface area contributed by atoms with E-state index in [0.717, 1.165) is 41.5 Å². The van der Waals surface area contributed by atoms with Gasteiger partial charge in [0.05, 0.1) is 13.2 Å². The van der Waals surface area contributed by atoms with Crippen LogP contribution in [-0.2, 0) is 20.9 Å². The zero-order valence-electron chi connectivity index (χ0n) is 17.4. The molecule has 160 valence electrons. The maximum Gasteiger partial charge on any atom is 0.253 e. The minimum absolute atomic E-state index is 0.0611. The summed E-state index contributed by atoms with van der Waals surface area (Å²) in [6.07, 6.45) is 1.67. The molecule has 2 N–H and O–H groups in total. The lowest BCUT2D eigenvalue weighted by Crippen LogP contribution is -2.49. The molecule has 1 aliphatic heterocycles. The van der Waals surface area contributed by atoms with Crippen molar-refractivity contribution in [2.75, 3.05) is 32.8 Å². The molecule has 30 heavy (non-hydrogen) atoms. The van der Waals surface area contributed by atoms with E-state index in [1.54, 1.807) is 0 Å². The molecule has 0 aromatic heterocycles. The molecular formula is C23H29N3O4. The molecule has 2 amide bonds. The Hall–Kier alpha value is -2.64. The summed E-state index contributed by atoms with van der Waals surface area (Å²) in [5.74, 6) is 0.758. The number of hydrogen-bond donors (Lipinski definition) is 2. The molecule has 1 atom stereocenters. The highest BCUT2D eigenvalue weighted by Gasteiger charge is 2.36. The van der Waals surface area contributed by atoms with Crippen molar-refractivity contribution in [2.45, 2.75) is 38.5 Å². The van der Waals surface area contributed by atoms with E-state index in [9.17, 15) is 9.59 Å². The molecule has 1 saturated heterocycles. The minimum Gasteiger partial charge on any atom is -0.491 e. The molecule has 7 heteroatoms. The number of carbonyl (C=O) groups is 2. The maximum atomic E-state index is 13.1. The Morgan fingerprint density at radius 2 is 2.10 bits per heavy atom. The Morgan fingerprint density at radius 3 is 2.83 bits per heavy atom. The first-order chi connectivity index (χ1) is 14.6. The number of morpholine rings is 1. The van der Waals surface area contributed by atoms with Crippen LogP contribution in [0.4, 0.5) is 0 Å². The molecule has 2 fully saturated rings. The summed E-state index contributed by atoms with van der Waals surface area (Å²) in [7, 11) is 0. The van der Waals surface area contributed by atoms with Crippen molar-refractivity contribution < 1.29 is 19.1 Å². The van der Waals surface area contributed by atoms with E-state index in [4.69, 9.17) is 9.47 Å². The van der Waals surface area contributed by atoms with Crippen LogP contribution in [0.5, 0.6) is 5.75 Å². The van der Waals surface area contributed by atoms with E-state index in [0.29, 0.717) is 38.9 Å². The number of hydrogen-bond acceptors (Lipinski definition) is 5. The number of fused-ring (bicyclic) bond motifs is 1. The maximum absolute atomic E-state index is 13.1. The summed E-state index contributed by atoms with van der Waals surface area (Å²) in [5.41, 5.74) is 1.03. The van der Waals surface area contributed by atoms with Gasteiger partial charge in [-0.2, -0.15) is 0 Å². The van der Waals surface area contributed by atoms with Crippen molar-refractivity contribution in [2.24, 2.45) is 0 Å². The third-order valence-corrected chi connectivity index (χ3v) is 5.44. The van der Waals surface area contributed by atoms with Gasteiger partial charge in [0.25, 0.3) is 5.91 Å². The number of benzene rings is 2. The van der Waals surface area contributed by atoms with E-state index in [-0.39, 0.29) is 11.8 Å². The van der Waals surface area contributed by atoms with Gasteiger partial charge in [0.1, 0.15) is 18.5 Å². The first kappa shape index (κ1) is 20.6. The van der Waals surface area contributed by atoms with Crippen LogP contribution in [-0.4, -0.2) is 61.7 Å². The zero-order valence-corrected chi connectivity index (χ0v) is 17.4. The standard InChI is InChI=1S/C23H29N3O4/c1-16(27)25-9-11-29-21-13-17(12-18-4-2-3-5-20(18)21)15-26(19-6-7-19)23(28)22-14-24-8-10-30-22/h2-5,12-13,19,22,24H,6-11,14-15H2,1H3,(H,25,27)/t22-/m1/s1. The summed E-state index contributed by atoms with van der Waals surface area (Å²) in [4.78, 5) is 26.1. The zero-order chi connectivity index (χ0) is 20.9. The fraction of sp³-hybridized carbons (Fsp3) is 0.478. The summed E-state index contributed by atoms with van der Waals surface area (Å²) in [6, 6.07) is 12.5. The number of nitrogens with zero attached hydrogens (tertiary/aromatic N) is 1. The molecule has 1 saturated carbocycles. The van der Waals surface area contributed by atoms with Crippen molar-refractivity contribution in [3.63, 3.8) is 0 Å². The lowest BCUT2D eigenvalue weighted by Gasteiger charge is -2.30. The van der Waals surface area contributed by atoms with E-state index in [2.05, 4.69) is 22.8 Å². The summed E-state index contributed by atoms with van der Waals surface area (Å²) < 4.78 is 11.7. The van der Waals surface area contributed by atoms with Gasteiger partial charge in [-0.05, 0) is 35.9 Å². The Labute approximate surface area is 176 Å². The lowest BCUT2D eigenvalue weighted by molar-refractivity contribution is -0.146. The average molecular weight is 412 g/mol. The molecule has 4 rings (SSSR count). The number of nitrogens with one attached hydrogen (secondary N) is 2. The molecule has 2 aliphatic rings. The Kier molecular flexibility index (Phi) is 6.50. The van der Waals surface area contributed by atoms with Crippen molar-refractivity contribution >= 4 is 22.6 Å². The molecule has 1 aliphatic carbocycles. The molecule has 0 bridgehead atoms. The second-order valence-electron chi connectivity index (χ2n) is 7.91. The highest BCUT2D eigenvalue weighted by molar-refractivity contribution is 5.89. The van der Waals surface area contributed by atoms with E-state index in [1.165, 1.54) is 6.92 Å². The smallest absolute Gasteiger partial charge is 0.253 e. The van der Waals surface area contributed by atoms with Crippen LogP contribution in [0.2, 0.25) is 0 Å². The van der Waals surface area contributed by atoms with Gasteiger partial charge >= 0.3 is 0 Å². The largest absolute Gasteiger partial charge is 0.491 e. The molecule has 0 spiro atoms. The number of ether oxygens (including phenoxy) is 2.